The van der Waals surface area contributed by atoms with Crippen molar-refractivity contribution in [3.05, 3.63) is 46.5 Å². The molecular formula is C9H5F3N4O2. The van der Waals surface area contributed by atoms with Crippen molar-refractivity contribution >= 4 is 5.69 Å². The molecule has 0 aliphatic rings. The lowest BCUT2D eigenvalue weighted by molar-refractivity contribution is -0.388. The average Bonchev–Trinajstić information content (AvgIpc) is 2.80. The molecule has 0 atom stereocenters. The van der Waals surface area contributed by atoms with Gasteiger partial charge in [-0.1, -0.05) is 0 Å². The van der Waals surface area contributed by atoms with Gasteiger partial charge in [0.05, 0.1) is 4.92 Å². The predicted molar refractivity (Wildman–Crippen MR) is 53.0 cm³/mol. The van der Waals surface area contributed by atoms with Crippen molar-refractivity contribution < 1.29 is 18.1 Å². The quantitative estimate of drug-likeness (QED) is 0.611. The van der Waals surface area contributed by atoms with Crippen LogP contribution in [-0.2, 0) is 6.18 Å². The van der Waals surface area contributed by atoms with Crippen molar-refractivity contribution in [1.82, 2.24) is 14.8 Å². The van der Waals surface area contributed by atoms with Gasteiger partial charge in [-0.3, -0.25) is 14.7 Å². The SMILES string of the molecule is O=[N+]([O-])c1ccc(-n2cnnc2)cc1C(F)(F)F. The minimum atomic E-state index is -4.80. The maximum atomic E-state index is 12.7. The van der Waals surface area contributed by atoms with E-state index in [2.05, 4.69) is 10.2 Å². The Morgan fingerprint density at radius 1 is 1.22 bits per heavy atom. The molecule has 1 aromatic carbocycles. The molecule has 0 unspecified atom stereocenters. The molecule has 18 heavy (non-hydrogen) atoms. The van der Waals surface area contributed by atoms with E-state index in [-0.39, 0.29) is 5.69 Å². The number of hydrogen-bond donors (Lipinski definition) is 0. The summed E-state index contributed by atoms with van der Waals surface area (Å²) in [6.45, 7) is 0. The second kappa shape index (κ2) is 4.09. The first kappa shape index (κ1) is 12.0. The number of nitrogens with zero attached hydrogens (tertiary/aromatic N) is 4. The maximum absolute atomic E-state index is 12.7. The highest BCUT2D eigenvalue weighted by Crippen LogP contribution is 2.37. The topological polar surface area (TPSA) is 73.8 Å². The second-order valence-electron chi connectivity index (χ2n) is 3.33. The fraction of sp³-hybridized carbons (Fsp3) is 0.111. The molecule has 2 aromatic rings. The van der Waals surface area contributed by atoms with E-state index >= 15 is 0 Å². The van der Waals surface area contributed by atoms with Gasteiger partial charge in [0, 0.05) is 11.8 Å². The van der Waals surface area contributed by atoms with Crippen LogP contribution < -0.4 is 0 Å². The Labute approximate surface area is 97.8 Å². The van der Waals surface area contributed by atoms with Gasteiger partial charge in [-0.25, -0.2) is 0 Å². The zero-order valence-electron chi connectivity index (χ0n) is 8.63. The molecule has 0 aliphatic carbocycles. The largest absolute Gasteiger partial charge is 0.423 e. The summed E-state index contributed by atoms with van der Waals surface area (Å²) in [4.78, 5) is 9.47. The summed E-state index contributed by atoms with van der Waals surface area (Å²) in [5, 5.41) is 17.4. The number of nitro groups is 1. The zero-order valence-corrected chi connectivity index (χ0v) is 8.63. The second-order valence-corrected chi connectivity index (χ2v) is 3.33. The molecule has 2 rings (SSSR count). The highest BCUT2D eigenvalue weighted by Gasteiger charge is 2.38. The molecule has 6 nitrogen and oxygen atoms in total. The number of aromatic nitrogens is 3. The Morgan fingerprint density at radius 2 is 1.83 bits per heavy atom. The number of nitro benzene ring substituents is 1. The van der Waals surface area contributed by atoms with Gasteiger partial charge in [0.2, 0.25) is 0 Å². The van der Waals surface area contributed by atoms with Crippen LogP contribution in [0.4, 0.5) is 18.9 Å². The smallest absolute Gasteiger partial charge is 0.288 e. The van der Waals surface area contributed by atoms with Crippen LogP contribution in [-0.4, -0.2) is 19.7 Å². The molecule has 0 saturated carbocycles. The van der Waals surface area contributed by atoms with E-state index in [1.54, 1.807) is 0 Å². The van der Waals surface area contributed by atoms with E-state index < -0.39 is 22.4 Å². The molecule has 0 radical (unpaired) electrons. The lowest BCUT2D eigenvalue weighted by Gasteiger charge is -2.09. The van der Waals surface area contributed by atoms with Gasteiger partial charge >= 0.3 is 6.18 Å². The Hall–Kier alpha value is -2.45. The van der Waals surface area contributed by atoms with Crippen LogP contribution >= 0.6 is 0 Å². The van der Waals surface area contributed by atoms with Crippen LogP contribution in [0.15, 0.2) is 30.9 Å². The number of hydrogen-bond acceptors (Lipinski definition) is 4. The molecule has 0 saturated heterocycles. The van der Waals surface area contributed by atoms with Crippen molar-refractivity contribution in [2.24, 2.45) is 0 Å². The summed E-state index contributed by atoms with van der Waals surface area (Å²) < 4.78 is 39.3. The van der Waals surface area contributed by atoms with Crippen LogP contribution in [0.25, 0.3) is 5.69 Å². The first-order valence-electron chi connectivity index (χ1n) is 4.60. The summed E-state index contributed by atoms with van der Waals surface area (Å²) in [6, 6.07) is 2.68. The maximum Gasteiger partial charge on any atom is 0.423 e. The lowest BCUT2D eigenvalue weighted by Crippen LogP contribution is -2.10. The van der Waals surface area contributed by atoms with E-state index in [0.717, 1.165) is 6.07 Å². The van der Waals surface area contributed by atoms with Crippen molar-refractivity contribution in [3.8, 4) is 5.69 Å². The summed E-state index contributed by atoms with van der Waals surface area (Å²) in [5.74, 6) is 0. The van der Waals surface area contributed by atoms with Crippen molar-refractivity contribution in [1.29, 1.82) is 0 Å². The normalized spacial score (nSPS) is 11.5. The predicted octanol–water partition coefficient (Wildman–Crippen LogP) is 2.19. The van der Waals surface area contributed by atoms with Gasteiger partial charge in [0.15, 0.2) is 0 Å². The van der Waals surface area contributed by atoms with E-state index in [1.807, 2.05) is 0 Å². The molecule has 9 heteroatoms. The van der Waals surface area contributed by atoms with Crippen LogP contribution in [0.3, 0.4) is 0 Å². The average molecular weight is 258 g/mol. The van der Waals surface area contributed by atoms with Crippen molar-refractivity contribution in [2.45, 2.75) is 6.18 Å². The Kier molecular flexibility index (Phi) is 2.73. The van der Waals surface area contributed by atoms with Crippen LogP contribution in [0.1, 0.15) is 5.56 Å². The highest BCUT2D eigenvalue weighted by atomic mass is 19.4. The number of benzene rings is 1. The van der Waals surface area contributed by atoms with Crippen molar-refractivity contribution in [3.63, 3.8) is 0 Å². The third-order valence-corrected chi connectivity index (χ3v) is 2.20. The monoisotopic (exact) mass is 258 g/mol. The van der Waals surface area contributed by atoms with E-state index in [0.29, 0.717) is 6.07 Å². The van der Waals surface area contributed by atoms with Gasteiger partial charge < -0.3 is 0 Å². The molecule has 0 N–H and O–H groups in total. The molecule has 0 bridgehead atoms. The number of rotatable bonds is 2. The Bertz CT molecular complexity index is 580. The van der Waals surface area contributed by atoms with Crippen LogP contribution in [0, 0.1) is 10.1 Å². The number of halogens is 3. The van der Waals surface area contributed by atoms with Crippen LogP contribution in [0.2, 0.25) is 0 Å². The molecule has 0 spiro atoms. The highest BCUT2D eigenvalue weighted by molar-refractivity contribution is 5.49. The summed E-state index contributed by atoms with van der Waals surface area (Å²) in [5.41, 5.74) is -2.20. The number of alkyl halides is 3. The molecule has 0 amide bonds. The molecule has 0 aliphatic heterocycles. The molecule has 1 heterocycles. The summed E-state index contributed by atoms with van der Waals surface area (Å²) >= 11 is 0. The third-order valence-electron chi connectivity index (χ3n) is 2.20. The molecule has 94 valence electrons. The van der Waals surface area contributed by atoms with E-state index in [9.17, 15) is 23.3 Å². The first-order chi connectivity index (χ1) is 8.39. The minimum Gasteiger partial charge on any atom is -0.288 e. The summed E-state index contributed by atoms with van der Waals surface area (Å²) in [6.07, 6.45) is -2.41. The molecule has 1 aromatic heterocycles. The third kappa shape index (κ3) is 2.14. The van der Waals surface area contributed by atoms with Crippen molar-refractivity contribution in [2.75, 3.05) is 0 Å². The fourth-order valence-electron chi connectivity index (χ4n) is 1.40. The van der Waals surface area contributed by atoms with Gasteiger partial charge in [-0.15, -0.1) is 10.2 Å². The van der Waals surface area contributed by atoms with E-state index in [1.165, 1.54) is 23.3 Å². The Morgan fingerprint density at radius 3 is 2.33 bits per heavy atom. The zero-order chi connectivity index (χ0) is 13.3. The minimum absolute atomic E-state index is 0.0953. The molecule has 0 fully saturated rings. The lowest BCUT2D eigenvalue weighted by atomic mass is 10.1. The van der Waals surface area contributed by atoms with Gasteiger partial charge in [0.25, 0.3) is 5.69 Å². The summed E-state index contributed by atoms with van der Waals surface area (Å²) in [7, 11) is 0. The van der Waals surface area contributed by atoms with Gasteiger partial charge in [0.1, 0.15) is 18.2 Å². The standard InChI is InChI=1S/C9H5F3N4O2/c10-9(11,12)7-3-6(15-4-13-14-5-15)1-2-8(7)16(17)18/h1-5H. The first-order valence-corrected chi connectivity index (χ1v) is 4.60. The van der Waals surface area contributed by atoms with E-state index in [4.69, 9.17) is 0 Å². The van der Waals surface area contributed by atoms with Crippen LogP contribution in [0.5, 0.6) is 0 Å². The van der Waals surface area contributed by atoms with Gasteiger partial charge in [-0.2, -0.15) is 13.2 Å². The van der Waals surface area contributed by atoms with Gasteiger partial charge in [-0.05, 0) is 12.1 Å². The Balaban J connectivity index is 2.60. The molecular weight excluding hydrogens is 253 g/mol. The fourth-order valence-corrected chi connectivity index (χ4v) is 1.40.